The lowest BCUT2D eigenvalue weighted by molar-refractivity contribution is -0.123. The number of carbonyl (C=O) groups is 2. The number of nitrogens with zero attached hydrogens (tertiary/aromatic N) is 1. The number of esters is 1. The van der Waals surface area contributed by atoms with E-state index < -0.39 is 5.97 Å². The number of amides is 1. The molecular weight excluding hydrogens is 480 g/mol. The van der Waals surface area contributed by atoms with Crippen molar-refractivity contribution in [2.24, 2.45) is 11.8 Å². The number of hydrogen-bond donors (Lipinski definition) is 1. The van der Waals surface area contributed by atoms with Gasteiger partial charge >= 0.3 is 5.97 Å². The lowest BCUT2D eigenvalue weighted by atomic mass is 9.82. The molecule has 0 spiro atoms. The maximum Gasteiger partial charge on any atom is 0.350 e. The lowest BCUT2D eigenvalue weighted by Crippen LogP contribution is -2.42. The first kappa shape index (κ1) is 25.3. The summed E-state index contributed by atoms with van der Waals surface area (Å²) in [6.45, 7) is 6.28. The Morgan fingerprint density at radius 2 is 1.62 bits per heavy atom. The van der Waals surface area contributed by atoms with Crippen LogP contribution in [0.15, 0.2) is 60.8 Å². The van der Waals surface area contributed by atoms with Crippen molar-refractivity contribution in [1.82, 2.24) is 4.98 Å². The van der Waals surface area contributed by atoms with Gasteiger partial charge in [0.1, 0.15) is 4.88 Å². The Hall–Kier alpha value is -3.38. The standard InChI is InChI=1S/C31H34N2O3S/c1-19(2)33(30(34)23-7-5-20(3)6-8-23)27-18-28(37-29(27)31(35)36-4)22-11-9-21(10-12-22)24-13-14-26-25(17-24)15-16-32-26/h9-20,23,32H,5-8H2,1-4H3/t20-,23-. The molecule has 2 aromatic carbocycles. The van der Waals surface area contributed by atoms with Crippen molar-refractivity contribution < 1.29 is 14.3 Å². The van der Waals surface area contributed by atoms with Crippen LogP contribution in [0.1, 0.15) is 56.1 Å². The zero-order valence-corrected chi connectivity index (χ0v) is 22.7. The number of hydrogen-bond acceptors (Lipinski definition) is 4. The van der Waals surface area contributed by atoms with Crippen molar-refractivity contribution in [2.45, 2.75) is 52.5 Å². The Morgan fingerprint density at radius 3 is 2.30 bits per heavy atom. The number of anilines is 1. The van der Waals surface area contributed by atoms with Gasteiger partial charge in [0.05, 0.1) is 12.8 Å². The van der Waals surface area contributed by atoms with Crippen LogP contribution in [0.3, 0.4) is 0 Å². The van der Waals surface area contributed by atoms with Crippen LogP contribution in [-0.2, 0) is 9.53 Å². The second-order valence-corrected chi connectivity index (χ2v) is 11.5. The quantitative estimate of drug-likeness (QED) is 0.266. The van der Waals surface area contributed by atoms with Gasteiger partial charge in [-0.05, 0) is 91.8 Å². The molecule has 6 heteroatoms. The average molecular weight is 515 g/mol. The Bertz CT molecular complexity index is 1410. The number of thiophene rings is 1. The molecule has 1 aliphatic rings. The van der Waals surface area contributed by atoms with Gasteiger partial charge in [0.25, 0.3) is 0 Å². The van der Waals surface area contributed by atoms with Gasteiger partial charge in [0, 0.05) is 28.6 Å². The van der Waals surface area contributed by atoms with Gasteiger partial charge in [-0.15, -0.1) is 11.3 Å². The van der Waals surface area contributed by atoms with Crippen molar-refractivity contribution in [3.63, 3.8) is 0 Å². The minimum absolute atomic E-state index is 0.00379. The van der Waals surface area contributed by atoms with Crippen LogP contribution in [0.4, 0.5) is 5.69 Å². The summed E-state index contributed by atoms with van der Waals surface area (Å²) in [6.07, 6.45) is 5.91. The summed E-state index contributed by atoms with van der Waals surface area (Å²) in [5.74, 6) is 0.386. The van der Waals surface area contributed by atoms with Gasteiger partial charge < -0.3 is 14.6 Å². The molecule has 5 rings (SSSR count). The summed E-state index contributed by atoms with van der Waals surface area (Å²) in [7, 11) is 1.39. The number of benzene rings is 2. The van der Waals surface area contributed by atoms with Crippen molar-refractivity contribution >= 4 is 39.8 Å². The molecule has 37 heavy (non-hydrogen) atoms. The number of rotatable bonds is 6. The topological polar surface area (TPSA) is 62.4 Å². The minimum Gasteiger partial charge on any atom is -0.465 e. The van der Waals surface area contributed by atoms with E-state index >= 15 is 0 Å². The van der Waals surface area contributed by atoms with Crippen molar-refractivity contribution in [2.75, 3.05) is 12.0 Å². The summed E-state index contributed by atoms with van der Waals surface area (Å²) in [4.78, 5) is 33.0. The van der Waals surface area contributed by atoms with Crippen LogP contribution in [0, 0.1) is 11.8 Å². The van der Waals surface area contributed by atoms with Crippen molar-refractivity contribution in [1.29, 1.82) is 0 Å². The van der Waals surface area contributed by atoms with Crippen molar-refractivity contribution in [3.8, 4) is 21.6 Å². The van der Waals surface area contributed by atoms with E-state index in [4.69, 9.17) is 4.74 Å². The highest BCUT2D eigenvalue weighted by Gasteiger charge is 2.33. The molecule has 2 aromatic heterocycles. The largest absolute Gasteiger partial charge is 0.465 e. The molecule has 1 fully saturated rings. The number of H-pyrrole nitrogens is 1. The van der Waals surface area contributed by atoms with E-state index in [-0.39, 0.29) is 17.9 Å². The van der Waals surface area contributed by atoms with E-state index in [9.17, 15) is 9.59 Å². The second kappa shape index (κ2) is 10.5. The normalized spacial score (nSPS) is 17.8. The van der Waals surface area contributed by atoms with Gasteiger partial charge in [-0.3, -0.25) is 4.79 Å². The third kappa shape index (κ3) is 5.08. The van der Waals surface area contributed by atoms with Crippen molar-refractivity contribution in [3.05, 3.63) is 65.7 Å². The number of aromatic amines is 1. The molecular formula is C31H34N2O3S. The van der Waals surface area contributed by atoms with Gasteiger partial charge in [-0.2, -0.15) is 0 Å². The fraction of sp³-hybridized carbons (Fsp3) is 0.355. The molecule has 1 N–H and O–H groups in total. The van der Waals surface area contributed by atoms with Gasteiger partial charge in [-0.25, -0.2) is 4.79 Å². The van der Waals surface area contributed by atoms with E-state index in [1.165, 1.54) is 23.8 Å². The molecule has 0 aliphatic heterocycles. The fourth-order valence-electron chi connectivity index (χ4n) is 5.36. The van der Waals surface area contributed by atoms with E-state index in [0.717, 1.165) is 52.8 Å². The highest BCUT2D eigenvalue weighted by Crippen LogP contribution is 2.40. The molecule has 0 saturated heterocycles. The first-order chi connectivity index (χ1) is 17.9. The van der Waals surface area contributed by atoms with E-state index in [2.05, 4.69) is 60.4 Å². The summed E-state index contributed by atoms with van der Waals surface area (Å²) in [5.41, 5.74) is 5.07. The smallest absolute Gasteiger partial charge is 0.350 e. The molecule has 1 saturated carbocycles. The molecule has 0 bridgehead atoms. The highest BCUT2D eigenvalue weighted by atomic mass is 32.1. The highest BCUT2D eigenvalue weighted by molar-refractivity contribution is 7.18. The molecule has 4 aromatic rings. The third-order valence-corrected chi connectivity index (χ3v) is 8.67. The fourth-order valence-corrected chi connectivity index (χ4v) is 6.43. The Labute approximate surface area is 222 Å². The average Bonchev–Trinajstić information content (AvgIpc) is 3.56. The van der Waals surface area contributed by atoms with Gasteiger partial charge in [-0.1, -0.05) is 37.3 Å². The monoisotopic (exact) mass is 514 g/mol. The molecule has 192 valence electrons. The number of methoxy groups -OCH3 is 1. The van der Waals surface area contributed by atoms with Gasteiger partial charge in [0.2, 0.25) is 5.91 Å². The van der Waals surface area contributed by atoms with Gasteiger partial charge in [0.15, 0.2) is 0 Å². The van der Waals surface area contributed by atoms with E-state index in [1.54, 1.807) is 0 Å². The predicted octanol–water partition coefficient (Wildman–Crippen LogP) is 7.92. The molecule has 1 aliphatic carbocycles. The molecule has 2 heterocycles. The minimum atomic E-state index is -0.404. The van der Waals surface area contributed by atoms with E-state index in [1.807, 2.05) is 31.0 Å². The van der Waals surface area contributed by atoms with Crippen LogP contribution in [-0.4, -0.2) is 30.0 Å². The van der Waals surface area contributed by atoms with Crippen LogP contribution in [0.2, 0.25) is 0 Å². The Balaban J connectivity index is 1.47. The lowest BCUT2D eigenvalue weighted by Gasteiger charge is -2.33. The maximum absolute atomic E-state index is 13.7. The number of aromatic nitrogens is 1. The first-order valence-electron chi connectivity index (χ1n) is 13.1. The first-order valence-corrected chi connectivity index (χ1v) is 13.9. The number of fused-ring (bicyclic) bond motifs is 1. The molecule has 5 nitrogen and oxygen atoms in total. The summed E-state index contributed by atoms with van der Waals surface area (Å²) in [6, 6.07) is 18.8. The molecule has 0 unspecified atom stereocenters. The Kier molecular flexibility index (Phi) is 7.20. The number of nitrogens with one attached hydrogen (secondary N) is 1. The maximum atomic E-state index is 13.7. The summed E-state index contributed by atoms with van der Waals surface area (Å²) < 4.78 is 5.13. The van der Waals surface area contributed by atoms with Crippen LogP contribution in [0.25, 0.3) is 32.5 Å². The summed E-state index contributed by atoms with van der Waals surface area (Å²) in [5, 5.41) is 1.18. The van der Waals surface area contributed by atoms with Crippen LogP contribution >= 0.6 is 11.3 Å². The summed E-state index contributed by atoms with van der Waals surface area (Å²) >= 11 is 1.39. The SMILES string of the molecule is COC(=O)c1sc(-c2ccc(-c3ccc4[nH]ccc4c3)cc2)cc1N(C(=O)[C@H]1CC[C@H](C)CC1)C(C)C. The molecule has 0 atom stereocenters. The molecule has 0 radical (unpaired) electrons. The van der Waals surface area contributed by atoms with Crippen LogP contribution < -0.4 is 4.90 Å². The van der Waals surface area contributed by atoms with E-state index in [0.29, 0.717) is 16.5 Å². The zero-order valence-electron chi connectivity index (χ0n) is 21.9. The third-order valence-electron chi connectivity index (χ3n) is 7.52. The molecule has 1 amide bonds. The second-order valence-electron chi connectivity index (χ2n) is 10.4. The predicted molar refractivity (Wildman–Crippen MR) is 152 cm³/mol. The Morgan fingerprint density at radius 1 is 0.946 bits per heavy atom. The number of ether oxygens (including phenoxy) is 1. The zero-order chi connectivity index (χ0) is 26.1. The number of carbonyl (C=O) groups excluding carboxylic acids is 2. The van der Waals surface area contributed by atoms with Crippen LogP contribution in [0.5, 0.6) is 0 Å².